The third-order valence-corrected chi connectivity index (χ3v) is 4.91. The lowest BCUT2D eigenvalue weighted by Crippen LogP contribution is -2.13. The van der Waals surface area contributed by atoms with Crippen molar-refractivity contribution < 1.29 is 4.79 Å². The fourth-order valence-electron chi connectivity index (χ4n) is 3.31. The van der Waals surface area contributed by atoms with Gasteiger partial charge in [0.05, 0.1) is 17.8 Å². The van der Waals surface area contributed by atoms with Crippen molar-refractivity contribution in [2.45, 2.75) is 6.54 Å². The lowest BCUT2D eigenvalue weighted by atomic mass is 9.98. The van der Waals surface area contributed by atoms with Crippen LogP contribution in [0.5, 0.6) is 0 Å². The number of benzene rings is 2. The Balaban J connectivity index is 1.58. The summed E-state index contributed by atoms with van der Waals surface area (Å²) in [5, 5.41) is 18.8. The van der Waals surface area contributed by atoms with Crippen molar-refractivity contribution in [1.82, 2.24) is 25.1 Å². The third kappa shape index (κ3) is 5.10. The second kappa shape index (κ2) is 9.41. The number of aromatic nitrogens is 4. The molecule has 2 aromatic carbocycles. The topological polar surface area (TPSA) is 137 Å². The number of nitrogens with zero attached hydrogens (tertiary/aromatic N) is 4. The second-order valence-electron chi connectivity index (χ2n) is 7.80. The normalized spacial score (nSPS) is 10.9. The summed E-state index contributed by atoms with van der Waals surface area (Å²) in [6.45, 7) is 0.641. The molecular formula is C24H24N8O. The number of amides is 1. The van der Waals surface area contributed by atoms with E-state index in [-0.39, 0.29) is 11.6 Å². The average molecular weight is 441 g/mol. The maximum atomic E-state index is 12.4. The third-order valence-electron chi connectivity index (χ3n) is 4.91. The van der Waals surface area contributed by atoms with Gasteiger partial charge in [-0.15, -0.1) is 0 Å². The van der Waals surface area contributed by atoms with E-state index in [0.717, 1.165) is 11.4 Å². The minimum atomic E-state index is -0.272. The van der Waals surface area contributed by atoms with Crippen LogP contribution in [0.15, 0.2) is 67.0 Å². The van der Waals surface area contributed by atoms with Crippen molar-refractivity contribution in [3.8, 4) is 11.4 Å². The highest BCUT2D eigenvalue weighted by Crippen LogP contribution is 2.25. The molecule has 0 bridgehead atoms. The molecule has 0 saturated heterocycles. The van der Waals surface area contributed by atoms with E-state index in [0.29, 0.717) is 40.4 Å². The molecule has 0 radical (unpaired) electrons. The van der Waals surface area contributed by atoms with Crippen molar-refractivity contribution in [2.75, 3.05) is 25.1 Å². The van der Waals surface area contributed by atoms with Gasteiger partial charge in [0, 0.05) is 40.5 Å². The van der Waals surface area contributed by atoms with E-state index in [1.165, 1.54) is 6.20 Å². The Hall–Kier alpha value is -4.37. The quantitative estimate of drug-likeness (QED) is 0.257. The van der Waals surface area contributed by atoms with Gasteiger partial charge >= 0.3 is 0 Å². The maximum Gasteiger partial charge on any atom is 0.257 e. The van der Waals surface area contributed by atoms with Crippen molar-refractivity contribution in [2.24, 2.45) is 0 Å². The van der Waals surface area contributed by atoms with Crippen molar-refractivity contribution in [3.63, 3.8) is 0 Å². The summed E-state index contributed by atoms with van der Waals surface area (Å²) >= 11 is 0. The number of carbonyl (C=O) groups is 1. The predicted octanol–water partition coefficient (Wildman–Crippen LogP) is 3.18. The van der Waals surface area contributed by atoms with E-state index in [9.17, 15) is 4.79 Å². The predicted molar refractivity (Wildman–Crippen MR) is 128 cm³/mol. The summed E-state index contributed by atoms with van der Waals surface area (Å²) in [5.41, 5.74) is 9.86. The summed E-state index contributed by atoms with van der Waals surface area (Å²) in [6, 6.07) is 15.9. The van der Waals surface area contributed by atoms with Gasteiger partial charge in [-0.25, -0.2) is 4.98 Å². The van der Waals surface area contributed by atoms with Crippen LogP contribution in [0.4, 0.5) is 11.4 Å². The Labute approximate surface area is 191 Å². The number of hydrogen-bond donors (Lipinski definition) is 4. The van der Waals surface area contributed by atoms with Gasteiger partial charge in [-0.05, 0) is 56.6 Å². The highest BCUT2D eigenvalue weighted by atomic mass is 16.1. The molecule has 0 aliphatic carbocycles. The van der Waals surface area contributed by atoms with E-state index in [1.807, 2.05) is 25.1 Å². The van der Waals surface area contributed by atoms with Gasteiger partial charge < -0.3 is 16.0 Å². The van der Waals surface area contributed by atoms with Crippen LogP contribution >= 0.6 is 0 Å². The second-order valence-corrected chi connectivity index (χ2v) is 7.80. The molecule has 9 heteroatoms. The molecule has 2 heterocycles. The summed E-state index contributed by atoms with van der Waals surface area (Å²) in [6.07, 6.45) is 3.11. The summed E-state index contributed by atoms with van der Waals surface area (Å²) in [5.74, 6) is 1.02. The largest absolute Gasteiger partial charge is 0.398 e. The zero-order valence-corrected chi connectivity index (χ0v) is 18.3. The monoisotopic (exact) mass is 440 g/mol. The van der Waals surface area contributed by atoms with Gasteiger partial charge in [0.1, 0.15) is 5.82 Å². The molecule has 166 valence electrons. The standard InChI is InChI=1S/C24H24N8O/c1-32(2)14-21-29-23(31-30-21)16-8-9-20(25)19(12-16)22(26)15-5-3-7-18(11-15)28-24(33)17-6-4-10-27-13-17/h3-13,26H,14,25H2,1-2H3,(H,28,33)(H,29,30,31). The minimum absolute atomic E-state index is 0.232. The lowest BCUT2D eigenvalue weighted by Gasteiger charge is -2.11. The molecule has 0 unspecified atom stereocenters. The molecule has 0 atom stereocenters. The molecule has 4 rings (SSSR count). The fourth-order valence-corrected chi connectivity index (χ4v) is 3.31. The first-order valence-corrected chi connectivity index (χ1v) is 10.3. The summed E-state index contributed by atoms with van der Waals surface area (Å²) < 4.78 is 0. The Kier molecular flexibility index (Phi) is 6.23. The molecule has 2 aromatic heterocycles. The number of pyridine rings is 1. The van der Waals surface area contributed by atoms with Crippen LogP contribution in [0, 0.1) is 5.41 Å². The number of H-pyrrole nitrogens is 1. The van der Waals surface area contributed by atoms with E-state index in [4.69, 9.17) is 11.1 Å². The molecule has 1 amide bonds. The molecule has 5 N–H and O–H groups in total. The number of aromatic amines is 1. The fraction of sp³-hybridized carbons (Fsp3) is 0.125. The molecule has 0 saturated carbocycles. The highest BCUT2D eigenvalue weighted by Gasteiger charge is 2.14. The number of rotatable bonds is 7. The molecule has 9 nitrogen and oxygen atoms in total. The van der Waals surface area contributed by atoms with E-state index >= 15 is 0 Å². The van der Waals surface area contributed by atoms with E-state index in [1.54, 1.807) is 54.7 Å². The number of nitrogen functional groups attached to an aromatic ring is 1. The van der Waals surface area contributed by atoms with Crippen molar-refractivity contribution in [1.29, 1.82) is 5.41 Å². The zero-order valence-electron chi connectivity index (χ0n) is 18.3. The summed E-state index contributed by atoms with van der Waals surface area (Å²) in [7, 11) is 3.91. The minimum Gasteiger partial charge on any atom is -0.398 e. The molecule has 4 aromatic rings. The van der Waals surface area contributed by atoms with E-state index < -0.39 is 0 Å². The first-order chi connectivity index (χ1) is 15.9. The first kappa shape index (κ1) is 21.8. The van der Waals surface area contributed by atoms with Crippen LogP contribution < -0.4 is 11.1 Å². The van der Waals surface area contributed by atoms with Gasteiger partial charge in [0.25, 0.3) is 5.91 Å². The molecule has 33 heavy (non-hydrogen) atoms. The first-order valence-electron chi connectivity index (χ1n) is 10.3. The SMILES string of the molecule is CN(C)Cc1nc(-c2ccc(N)c(C(=N)c3cccc(NC(=O)c4cccnc4)c3)c2)n[nH]1. The van der Waals surface area contributed by atoms with Crippen LogP contribution in [0.2, 0.25) is 0 Å². The van der Waals surface area contributed by atoms with Gasteiger partial charge in [-0.1, -0.05) is 12.1 Å². The van der Waals surface area contributed by atoms with Gasteiger partial charge in [0.15, 0.2) is 5.82 Å². The summed E-state index contributed by atoms with van der Waals surface area (Å²) in [4.78, 5) is 22.9. The molecule has 0 aliphatic rings. The molecule has 0 spiro atoms. The van der Waals surface area contributed by atoms with Gasteiger partial charge in [-0.2, -0.15) is 5.10 Å². The Bertz CT molecular complexity index is 1300. The Morgan fingerprint density at radius 1 is 1.12 bits per heavy atom. The molecule has 0 aliphatic heterocycles. The van der Waals surface area contributed by atoms with Crippen LogP contribution in [0.3, 0.4) is 0 Å². The maximum absolute atomic E-state index is 12.4. The number of anilines is 2. The average Bonchev–Trinajstić information content (AvgIpc) is 3.27. The highest BCUT2D eigenvalue weighted by molar-refractivity contribution is 6.15. The van der Waals surface area contributed by atoms with Crippen LogP contribution in [-0.2, 0) is 6.54 Å². The zero-order chi connectivity index (χ0) is 23.4. The Morgan fingerprint density at radius 3 is 2.70 bits per heavy atom. The van der Waals surface area contributed by atoms with Crippen molar-refractivity contribution in [3.05, 3.63) is 89.5 Å². The number of nitrogens with one attached hydrogen (secondary N) is 3. The van der Waals surface area contributed by atoms with Gasteiger partial charge in [0.2, 0.25) is 0 Å². The number of nitrogens with two attached hydrogens (primary N) is 1. The van der Waals surface area contributed by atoms with Crippen LogP contribution in [0.25, 0.3) is 11.4 Å². The molecular weight excluding hydrogens is 416 g/mol. The van der Waals surface area contributed by atoms with Crippen LogP contribution in [0.1, 0.15) is 27.3 Å². The molecule has 0 fully saturated rings. The van der Waals surface area contributed by atoms with E-state index in [2.05, 4.69) is 25.5 Å². The van der Waals surface area contributed by atoms with Gasteiger partial charge in [-0.3, -0.25) is 20.3 Å². The van der Waals surface area contributed by atoms with Crippen molar-refractivity contribution >= 4 is 23.0 Å². The number of carbonyl (C=O) groups excluding carboxylic acids is 1. The number of hydrogen-bond acceptors (Lipinski definition) is 7. The smallest absolute Gasteiger partial charge is 0.257 e. The lowest BCUT2D eigenvalue weighted by molar-refractivity contribution is 0.102. The van der Waals surface area contributed by atoms with Crippen LogP contribution in [-0.4, -0.2) is 50.8 Å². The Morgan fingerprint density at radius 2 is 1.94 bits per heavy atom.